The third-order valence-corrected chi connectivity index (χ3v) is 3.91. The molecule has 0 radical (unpaired) electrons. The van der Waals surface area contributed by atoms with E-state index in [1.54, 1.807) is 6.92 Å². The summed E-state index contributed by atoms with van der Waals surface area (Å²) in [4.78, 5) is 26.7. The van der Waals surface area contributed by atoms with E-state index in [2.05, 4.69) is 4.98 Å². The molecule has 3 rings (SSSR count). The first-order valence-electron chi connectivity index (χ1n) is 6.60. The number of fused-ring (bicyclic) bond motifs is 1. The van der Waals surface area contributed by atoms with E-state index in [1.807, 2.05) is 30.3 Å². The molecule has 102 valence electrons. The summed E-state index contributed by atoms with van der Waals surface area (Å²) in [6.07, 6.45) is 1.05. The SMILES string of the molecule is Cc1[nH]c2c(c1C(=O)O)C(=O)CC(c1ccccc1)C2. The van der Waals surface area contributed by atoms with Crippen molar-refractivity contribution in [3.8, 4) is 0 Å². The molecule has 1 heterocycles. The van der Waals surface area contributed by atoms with Crippen molar-refractivity contribution in [2.24, 2.45) is 0 Å². The van der Waals surface area contributed by atoms with Gasteiger partial charge in [-0.15, -0.1) is 0 Å². The van der Waals surface area contributed by atoms with E-state index in [0.717, 1.165) is 11.3 Å². The fourth-order valence-electron chi connectivity index (χ4n) is 3.02. The second-order valence-electron chi connectivity index (χ2n) is 5.22. The number of carbonyl (C=O) groups excluding carboxylic acids is 1. The summed E-state index contributed by atoms with van der Waals surface area (Å²) < 4.78 is 0. The van der Waals surface area contributed by atoms with Crippen LogP contribution in [0.25, 0.3) is 0 Å². The van der Waals surface area contributed by atoms with Crippen molar-refractivity contribution < 1.29 is 14.7 Å². The van der Waals surface area contributed by atoms with Crippen LogP contribution < -0.4 is 0 Å². The van der Waals surface area contributed by atoms with Crippen LogP contribution in [0, 0.1) is 6.92 Å². The van der Waals surface area contributed by atoms with Gasteiger partial charge in [0.1, 0.15) is 0 Å². The summed E-state index contributed by atoms with van der Waals surface area (Å²) >= 11 is 0. The standard InChI is InChI=1S/C16H15NO3/c1-9-14(16(19)20)15-12(17-9)7-11(8-13(15)18)10-5-3-2-4-6-10/h2-6,11,17H,7-8H2,1H3,(H,19,20). The summed E-state index contributed by atoms with van der Waals surface area (Å²) in [5.41, 5.74) is 2.95. The lowest BCUT2D eigenvalue weighted by molar-refractivity contribution is 0.0690. The zero-order valence-corrected chi connectivity index (χ0v) is 11.1. The number of aromatic nitrogens is 1. The number of Topliss-reactive ketones (excluding diaryl/α,β-unsaturated/α-hetero) is 1. The van der Waals surface area contributed by atoms with Crippen LogP contribution in [-0.2, 0) is 6.42 Å². The van der Waals surface area contributed by atoms with Crippen molar-refractivity contribution in [1.29, 1.82) is 0 Å². The molecule has 0 spiro atoms. The zero-order valence-electron chi connectivity index (χ0n) is 11.1. The van der Waals surface area contributed by atoms with Crippen LogP contribution >= 0.6 is 0 Å². The Bertz CT molecular complexity index is 685. The van der Waals surface area contributed by atoms with E-state index in [9.17, 15) is 14.7 Å². The van der Waals surface area contributed by atoms with Crippen molar-refractivity contribution in [3.63, 3.8) is 0 Å². The fraction of sp³-hybridized carbons (Fsp3) is 0.250. The second-order valence-corrected chi connectivity index (χ2v) is 5.22. The van der Waals surface area contributed by atoms with Gasteiger partial charge < -0.3 is 10.1 Å². The maximum absolute atomic E-state index is 12.3. The number of carboxylic acid groups (broad SMARTS) is 1. The summed E-state index contributed by atoms with van der Waals surface area (Å²) in [6.45, 7) is 1.70. The zero-order chi connectivity index (χ0) is 14.3. The highest BCUT2D eigenvalue weighted by molar-refractivity contribution is 6.08. The molecule has 0 fully saturated rings. The highest BCUT2D eigenvalue weighted by atomic mass is 16.4. The van der Waals surface area contributed by atoms with Gasteiger partial charge in [-0.25, -0.2) is 4.79 Å². The summed E-state index contributed by atoms with van der Waals surface area (Å²) in [6, 6.07) is 9.88. The van der Waals surface area contributed by atoms with Crippen LogP contribution in [-0.4, -0.2) is 21.8 Å². The molecule has 4 heteroatoms. The van der Waals surface area contributed by atoms with Crippen molar-refractivity contribution in [2.75, 3.05) is 0 Å². The van der Waals surface area contributed by atoms with Gasteiger partial charge in [-0.3, -0.25) is 4.79 Å². The molecule has 0 aliphatic heterocycles. The molecule has 0 bridgehead atoms. The average Bonchev–Trinajstić information content (AvgIpc) is 2.76. The smallest absolute Gasteiger partial charge is 0.338 e. The Morgan fingerprint density at radius 1 is 1.25 bits per heavy atom. The molecule has 1 aromatic heterocycles. The molecule has 20 heavy (non-hydrogen) atoms. The maximum atomic E-state index is 12.3. The number of benzene rings is 1. The number of hydrogen-bond donors (Lipinski definition) is 2. The molecule has 4 nitrogen and oxygen atoms in total. The molecule has 1 aromatic carbocycles. The second kappa shape index (κ2) is 4.63. The van der Waals surface area contributed by atoms with Crippen molar-refractivity contribution in [2.45, 2.75) is 25.7 Å². The minimum atomic E-state index is -1.04. The van der Waals surface area contributed by atoms with E-state index in [4.69, 9.17) is 0 Å². The summed E-state index contributed by atoms with van der Waals surface area (Å²) in [5, 5.41) is 9.24. The summed E-state index contributed by atoms with van der Waals surface area (Å²) in [7, 11) is 0. The van der Waals surface area contributed by atoms with E-state index in [-0.39, 0.29) is 17.3 Å². The third-order valence-electron chi connectivity index (χ3n) is 3.91. The Labute approximate surface area is 116 Å². The first-order valence-corrected chi connectivity index (χ1v) is 6.60. The highest BCUT2D eigenvalue weighted by Crippen LogP contribution is 2.34. The minimum Gasteiger partial charge on any atom is -0.478 e. The normalized spacial score (nSPS) is 17.9. The van der Waals surface area contributed by atoms with Crippen LogP contribution in [0.15, 0.2) is 30.3 Å². The Hall–Kier alpha value is -2.36. The Morgan fingerprint density at radius 2 is 1.95 bits per heavy atom. The van der Waals surface area contributed by atoms with Crippen LogP contribution in [0.4, 0.5) is 0 Å². The Balaban J connectivity index is 2.03. The van der Waals surface area contributed by atoms with E-state index >= 15 is 0 Å². The molecule has 1 aliphatic rings. The van der Waals surface area contributed by atoms with Crippen molar-refractivity contribution in [3.05, 3.63) is 58.4 Å². The van der Waals surface area contributed by atoms with Crippen molar-refractivity contribution in [1.82, 2.24) is 4.98 Å². The van der Waals surface area contributed by atoms with Crippen LogP contribution in [0.2, 0.25) is 0 Å². The van der Waals surface area contributed by atoms with Gasteiger partial charge in [0.05, 0.1) is 11.1 Å². The Kier molecular flexibility index (Phi) is 2.93. The molecular weight excluding hydrogens is 254 g/mol. The monoisotopic (exact) mass is 269 g/mol. The van der Waals surface area contributed by atoms with Gasteiger partial charge in [-0.2, -0.15) is 0 Å². The van der Waals surface area contributed by atoms with Gasteiger partial charge in [0, 0.05) is 17.8 Å². The lowest BCUT2D eigenvalue weighted by Gasteiger charge is -2.21. The van der Waals surface area contributed by atoms with E-state index < -0.39 is 5.97 Å². The average molecular weight is 269 g/mol. The van der Waals surface area contributed by atoms with Crippen LogP contribution in [0.5, 0.6) is 0 Å². The minimum absolute atomic E-state index is 0.0816. The number of carboxylic acids is 1. The number of nitrogens with one attached hydrogen (secondary N) is 1. The number of ketones is 1. The lowest BCUT2D eigenvalue weighted by Crippen LogP contribution is -2.20. The molecule has 1 aliphatic carbocycles. The third kappa shape index (κ3) is 1.93. The molecule has 0 saturated heterocycles. The number of aromatic amines is 1. The van der Waals surface area contributed by atoms with E-state index in [0.29, 0.717) is 24.1 Å². The highest BCUT2D eigenvalue weighted by Gasteiger charge is 2.33. The topological polar surface area (TPSA) is 70.2 Å². The maximum Gasteiger partial charge on any atom is 0.338 e. The largest absolute Gasteiger partial charge is 0.478 e. The quantitative estimate of drug-likeness (QED) is 0.880. The van der Waals surface area contributed by atoms with Crippen molar-refractivity contribution >= 4 is 11.8 Å². The number of carbonyl (C=O) groups is 2. The first-order chi connectivity index (χ1) is 9.58. The first kappa shape index (κ1) is 12.7. The van der Waals surface area contributed by atoms with Gasteiger partial charge in [0.25, 0.3) is 0 Å². The fourth-order valence-corrected chi connectivity index (χ4v) is 3.02. The predicted molar refractivity (Wildman–Crippen MR) is 74.3 cm³/mol. The number of aryl methyl sites for hydroxylation is 1. The molecule has 0 amide bonds. The molecule has 2 N–H and O–H groups in total. The lowest BCUT2D eigenvalue weighted by atomic mass is 9.81. The van der Waals surface area contributed by atoms with Gasteiger partial charge in [-0.05, 0) is 24.8 Å². The van der Waals surface area contributed by atoms with Gasteiger partial charge in [0.2, 0.25) is 0 Å². The van der Waals surface area contributed by atoms with Crippen LogP contribution in [0.3, 0.4) is 0 Å². The van der Waals surface area contributed by atoms with Gasteiger partial charge >= 0.3 is 5.97 Å². The number of hydrogen-bond acceptors (Lipinski definition) is 2. The molecule has 0 saturated carbocycles. The van der Waals surface area contributed by atoms with Crippen LogP contribution in [0.1, 0.15) is 50.0 Å². The summed E-state index contributed by atoms with van der Waals surface area (Å²) in [5.74, 6) is -0.996. The molecule has 1 atom stereocenters. The number of rotatable bonds is 2. The Morgan fingerprint density at radius 3 is 2.60 bits per heavy atom. The van der Waals surface area contributed by atoms with Gasteiger partial charge in [0.15, 0.2) is 5.78 Å². The number of aromatic carboxylic acids is 1. The number of H-pyrrole nitrogens is 1. The molecular formula is C16H15NO3. The molecule has 1 unspecified atom stereocenters. The van der Waals surface area contributed by atoms with Gasteiger partial charge in [-0.1, -0.05) is 30.3 Å². The van der Waals surface area contributed by atoms with E-state index in [1.165, 1.54) is 0 Å². The molecule has 2 aromatic rings. The predicted octanol–water partition coefficient (Wildman–Crippen LogP) is 2.93.